The average molecular weight is 401 g/mol. The van der Waals surface area contributed by atoms with Gasteiger partial charge in [0.05, 0.1) is 11.2 Å². The number of benzene rings is 1. The van der Waals surface area contributed by atoms with Crippen molar-refractivity contribution in [2.24, 2.45) is 0 Å². The number of piperidine rings is 1. The van der Waals surface area contributed by atoms with Crippen molar-refractivity contribution in [2.45, 2.75) is 43.7 Å². The van der Waals surface area contributed by atoms with Crippen LogP contribution in [0.5, 0.6) is 0 Å². The van der Waals surface area contributed by atoms with Gasteiger partial charge in [-0.15, -0.1) is 0 Å². The summed E-state index contributed by atoms with van der Waals surface area (Å²) in [5.41, 5.74) is -0.228. The molecule has 2 saturated heterocycles. The maximum atomic E-state index is 13.1. The molecule has 0 spiro atoms. The van der Waals surface area contributed by atoms with Crippen LogP contribution in [0.3, 0.4) is 0 Å². The van der Waals surface area contributed by atoms with Crippen LogP contribution in [-0.2, 0) is 4.74 Å². The van der Waals surface area contributed by atoms with Gasteiger partial charge in [0.2, 0.25) is 0 Å². The molecule has 2 atom stereocenters. The van der Waals surface area contributed by atoms with E-state index in [1.807, 2.05) is 0 Å². The molecule has 2 aliphatic rings. The van der Waals surface area contributed by atoms with Gasteiger partial charge >= 0.3 is 12.2 Å². The Morgan fingerprint density at radius 2 is 2.21 bits per heavy atom. The van der Waals surface area contributed by atoms with Crippen LogP contribution in [0.1, 0.15) is 32.1 Å². The number of hydrogen-bond donors (Lipinski definition) is 2. The van der Waals surface area contributed by atoms with Gasteiger partial charge in [0, 0.05) is 10.5 Å². The number of amides is 2. The van der Waals surface area contributed by atoms with Gasteiger partial charge in [0.25, 0.3) is 0 Å². The maximum Gasteiger partial charge on any atom is 0.411 e. The molecule has 130 valence electrons. The fourth-order valence-electron chi connectivity index (χ4n) is 3.77. The van der Waals surface area contributed by atoms with Gasteiger partial charge < -0.3 is 9.84 Å². The number of ether oxygens (including phenoxy) is 1. The van der Waals surface area contributed by atoms with Crippen molar-refractivity contribution in [3.8, 4) is 0 Å². The first-order valence-corrected chi connectivity index (χ1v) is 8.62. The smallest absolute Gasteiger partial charge is 0.411 e. The van der Waals surface area contributed by atoms with E-state index in [2.05, 4.69) is 21.2 Å². The molecule has 2 N–H and O–H groups in total. The van der Waals surface area contributed by atoms with Crippen LogP contribution in [0.25, 0.3) is 0 Å². The zero-order valence-corrected chi connectivity index (χ0v) is 14.5. The van der Waals surface area contributed by atoms with Gasteiger partial charge in [0.1, 0.15) is 12.4 Å². The van der Waals surface area contributed by atoms with Crippen LogP contribution < -0.4 is 5.32 Å². The third-order valence-corrected chi connectivity index (χ3v) is 5.50. The van der Waals surface area contributed by atoms with Gasteiger partial charge in [0.15, 0.2) is 0 Å². The lowest BCUT2D eigenvalue weighted by atomic mass is 9.89. The molecule has 2 fully saturated rings. The van der Waals surface area contributed by atoms with Gasteiger partial charge in [-0.05, 0) is 66.2 Å². The fourth-order valence-corrected chi connectivity index (χ4v) is 4.22. The van der Waals surface area contributed by atoms with Gasteiger partial charge in [-0.2, -0.15) is 0 Å². The van der Waals surface area contributed by atoms with E-state index in [9.17, 15) is 19.1 Å². The van der Waals surface area contributed by atoms with Crippen molar-refractivity contribution in [2.75, 3.05) is 11.9 Å². The summed E-state index contributed by atoms with van der Waals surface area (Å²) >= 11 is 3.17. The molecule has 2 amide bonds. The SMILES string of the molecule is O=C(Nc1ccc(F)cc1Br)OCC12CCCC(CC1)N2C(=O)O. The second-order valence-corrected chi connectivity index (χ2v) is 7.14. The van der Waals surface area contributed by atoms with E-state index in [4.69, 9.17) is 4.74 Å². The van der Waals surface area contributed by atoms with E-state index in [1.54, 1.807) is 0 Å². The molecule has 2 aliphatic heterocycles. The number of halogens is 2. The minimum absolute atomic E-state index is 0.0224. The molecular formula is C16H18BrFN2O4. The zero-order chi connectivity index (χ0) is 17.3. The first-order chi connectivity index (χ1) is 11.4. The molecule has 1 aromatic carbocycles. The van der Waals surface area contributed by atoms with Gasteiger partial charge in [-0.1, -0.05) is 0 Å². The average Bonchev–Trinajstić information content (AvgIpc) is 2.76. The predicted octanol–water partition coefficient (Wildman–Crippen LogP) is 4.20. The Bertz CT molecular complexity index is 667. The molecule has 0 saturated carbocycles. The quantitative estimate of drug-likeness (QED) is 0.796. The second kappa shape index (κ2) is 6.58. The van der Waals surface area contributed by atoms with Crippen molar-refractivity contribution >= 4 is 33.8 Å². The molecule has 2 unspecified atom stereocenters. The Kier molecular flexibility index (Phi) is 4.67. The number of fused-ring (bicyclic) bond motifs is 2. The topological polar surface area (TPSA) is 78.9 Å². The van der Waals surface area contributed by atoms with E-state index >= 15 is 0 Å². The van der Waals surface area contributed by atoms with Gasteiger partial charge in [-0.25, -0.2) is 14.0 Å². The number of hydrogen-bond acceptors (Lipinski definition) is 3. The molecule has 6 nitrogen and oxygen atoms in total. The molecule has 1 aromatic rings. The van der Waals surface area contributed by atoms with Crippen molar-refractivity contribution in [3.05, 3.63) is 28.5 Å². The number of carbonyl (C=O) groups excluding carboxylic acids is 1. The van der Waals surface area contributed by atoms with E-state index < -0.39 is 23.5 Å². The monoisotopic (exact) mass is 400 g/mol. The summed E-state index contributed by atoms with van der Waals surface area (Å²) in [6.07, 6.45) is 2.37. The summed E-state index contributed by atoms with van der Waals surface area (Å²) in [6.45, 7) is 0.0282. The van der Waals surface area contributed by atoms with Crippen LogP contribution in [-0.4, -0.2) is 40.4 Å². The zero-order valence-electron chi connectivity index (χ0n) is 12.9. The molecule has 24 heavy (non-hydrogen) atoms. The lowest BCUT2D eigenvalue weighted by molar-refractivity contribution is 0.0110. The highest BCUT2D eigenvalue weighted by Crippen LogP contribution is 2.44. The Labute approximate surface area is 147 Å². The normalized spacial score (nSPS) is 25.4. The molecule has 8 heteroatoms. The Morgan fingerprint density at radius 1 is 1.42 bits per heavy atom. The van der Waals surface area contributed by atoms with E-state index in [-0.39, 0.29) is 12.6 Å². The lowest BCUT2D eigenvalue weighted by Crippen LogP contribution is -2.55. The lowest BCUT2D eigenvalue weighted by Gasteiger charge is -2.42. The van der Waals surface area contributed by atoms with E-state index in [1.165, 1.54) is 23.1 Å². The molecule has 0 aromatic heterocycles. The highest BCUT2D eigenvalue weighted by molar-refractivity contribution is 9.10. The summed E-state index contributed by atoms with van der Waals surface area (Å²) in [5.74, 6) is -0.420. The molecular weight excluding hydrogens is 383 g/mol. The Balaban J connectivity index is 1.64. The number of anilines is 1. The minimum atomic E-state index is -0.956. The number of nitrogens with one attached hydrogen (secondary N) is 1. The number of carboxylic acid groups (broad SMARTS) is 1. The second-order valence-electron chi connectivity index (χ2n) is 6.29. The van der Waals surface area contributed by atoms with E-state index in [0.717, 1.165) is 19.3 Å². The highest BCUT2D eigenvalue weighted by atomic mass is 79.9. The first kappa shape index (κ1) is 17.0. The summed E-state index contributed by atoms with van der Waals surface area (Å²) in [5, 5.41) is 12.0. The van der Waals surface area contributed by atoms with Crippen molar-refractivity contribution in [1.29, 1.82) is 0 Å². The minimum Gasteiger partial charge on any atom is -0.465 e. The number of carbonyl (C=O) groups is 2. The Hall–Kier alpha value is -1.83. The van der Waals surface area contributed by atoms with Gasteiger partial charge in [-0.3, -0.25) is 10.2 Å². The van der Waals surface area contributed by atoms with Crippen LogP contribution in [0.4, 0.5) is 19.7 Å². The highest BCUT2D eigenvalue weighted by Gasteiger charge is 2.52. The summed E-state index contributed by atoms with van der Waals surface area (Å²) in [4.78, 5) is 25.1. The van der Waals surface area contributed by atoms with Crippen LogP contribution in [0.15, 0.2) is 22.7 Å². The van der Waals surface area contributed by atoms with Crippen LogP contribution >= 0.6 is 15.9 Å². The van der Waals surface area contributed by atoms with Crippen LogP contribution in [0, 0.1) is 5.82 Å². The maximum absolute atomic E-state index is 13.1. The molecule has 0 aliphatic carbocycles. The first-order valence-electron chi connectivity index (χ1n) is 7.82. The third-order valence-electron chi connectivity index (χ3n) is 4.84. The molecule has 2 heterocycles. The summed E-state index contributed by atoms with van der Waals surface area (Å²) in [7, 11) is 0. The van der Waals surface area contributed by atoms with Crippen molar-refractivity contribution in [3.63, 3.8) is 0 Å². The standard InChI is InChI=1S/C16H18BrFN2O4/c17-12-8-10(18)3-4-13(12)19-14(21)24-9-16-6-1-2-11(5-7-16)20(16)15(22)23/h3-4,8,11H,1-2,5-7,9H2,(H,19,21)(H,22,23). The van der Waals surface area contributed by atoms with Crippen molar-refractivity contribution in [1.82, 2.24) is 4.90 Å². The molecule has 0 radical (unpaired) electrons. The number of rotatable bonds is 3. The van der Waals surface area contributed by atoms with Crippen molar-refractivity contribution < 1.29 is 23.8 Å². The molecule has 2 bridgehead atoms. The predicted molar refractivity (Wildman–Crippen MR) is 88.5 cm³/mol. The van der Waals surface area contributed by atoms with Crippen LogP contribution in [0.2, 0.25) is 0 Å². The summed E-state index contributed by atoms with van der Waals surface area (Å²) < 4.78 is 18.8. The fraction of sp³-hybridized carbons (Fsp3) is 0.500. The number of nitrogens with zero attached hydrogens (tertiary/aromatic N) is 1. The van der Waals surface area contributed by atoms with E-state index in [0.29, 0.717) is 23.0 Å². The largest absolute Gasteiger partial charge is 0.465 e. The molecule has 3 rings (SSSR count). The Morgan fingerprint density at radius 3 is 2.92 bits per heavy atom. The third kappa shape index (κ3) is 3.19. The summed E-state index contributed by atoms with van der Waals surface area (Å²) in [6, 6.07) is 3.92.